The summed E-state index contributed by atoms with van der Waals surface area (Å²) in [4.78, 5) is 8.73. The van der Waals surface area contributed by atoms with E-state index in [-0.39, 0.29) is 24.0 Å². The van der Waals surface area contributed by atoms with Crippen molar-refractivity contribution in [2.24, 2.45) is 10.9 Å². The second kappa shape index (κ2) is 14.4. The van der Waals surface area contributed by atoms with Crippen LogP contribution in [0.25, 0.3) is 0 Å². The van der Waals surface area contributed by atoms with Crippen LogP contribution in [0.5, 0.6) is 0 Å². The quantitative estimate of drug-likeness (QED) is 0.214. The Morgan fingerprint density at radius 1 is 1.14 bits per heavy atom. The minimum atomic E-state index is 0. The molecule has 1 heterocycles. The molecule has 0 aliphatic carbocycles. The first-order chi connectivity index (χ1) is 13.2. The summed E-state index contributed by atoms with van der Waals surface area (Å²) in [5.41, 5.74) is 2.44. The normalized spacial score (nSPS) is 11.4. The van der Waals surface area contributed by atoms with Crippen molar-refractivity contribution in [2.45, 2.75) is 40.3 Å². The van der Waals surface area contributed by atoms with Crippen molar-refractivity contribution in [3.8, 4) is 0 Å². The molecule has 1 aromatic heterocycles. The number of hydrogen-bond acceptors (Lipinski definition) is 3. The first-order valence-corrected chi connectivity index (χ1v) is 9.81. The van der Waals surface area contributed by atoms with Crippen LogP contribution in [0.3, 0.4) is 0 Å². The number of hydrogen-bond donors (Lipinski definition) is 2. The summed E-state index contributed by atoms with van der Waals surface area (Å²) in [6, 6.07) is 8.56. The van der Waals surface area contributed by atoms with E-state index in [1.165, 1.54) is 11.1 Å². The third-order valence-corrected chi connectivity index (χ3v) is 4.09. The van der Waals surface area contributed by atoms with Gasteiger partial charge in [0.1, 0.15) is 0 Å². The topological polar surface area (TPSA) is 63.5 Å². The van der Waals surface area contributed by atoms with Crippen LogP contribution in [0.15, 0.2) is 48.0 Å². The standard InChI is InChI=1S/C21H33N5O.HI/c1-4-23-21(24-11-14-27-13-9-18(2)3)25-15-19-5-7-20(8-6-19)16-26-12-10-22-17-26;/h5-8,10,12,17-18H,4,9,11,13-16H2,1-3H3,(H2,23,24,25);1H. The van der Waals surface area contributed by atoms with E-state index in [2.05, 4.69) is 70.2 Å². The van der Waals surface area contributed by atoms with Gasteiger partial charge in [-0.1, -0.05) is 38.1 Å². The Labute approximate surface area is 186 Å². The van der Waals surface area contributed by atoms with Gasteiger partial charge in [-0.25, -0.2) is 9.98 Å². The van der Waals surface area contributed by atoms with Gasteiger partial charge >= 0.3 is 0 Å². The average molecular weight is 499 g/mol. The van der Waals surface area contributed by atoms with Gasteiger partial charge in [-0.3, -0.25) is 0 Å². The predicted octanol–water partition coefficient (Wildman–Crippen LogP) is 3.67. The van der Waals surface area contributed by atoms with E-state index in [0.29, 0.717) is 19.1 Å². The lowest BCUT2D eigenvalue weighted by Gasteiger charge is -2.12. The molecule has 2 N–H and O–H groups in total. The Bertz CT molecular complexity index is 656. The second-order valence-corrected chi connectivity index (χ2v) is 6.97. The van der Waals surface area contributed by atoms with Crippen molar-refractivity contribution in [3.05, 3.63) is 54.1 Å². The molecule has 2 aromatic rings. The summed E-state index contributed by atoms with van der Waals surface area (Å²) in [6.45, 7) is 11.1. The highest BCUT2D eigenvalue weighted by atomic mass is 127. The molecule has 0 spiro atoms. The van der Waals surface area contributed by atoms with Crippen LogP contribution in [-0.4, -0.2) is 41.8 Å². The number of guanidine groups is 1. The van der Waals surface area contributed by atoms with Crippen molar-refractivity contribution < 1.29 is 4.74 Å². The molecule has 0 saturated carbocycles. The number of ether oxygens (including phenoxy) is 1. The maximum atomic E-state index is 5.64. The molecule has 0 fully saturated rings. The van der Waals surface area contributed by atoms with Crippen molar-refractivity contribution in [3.63, 3.8) is 0 Å². The van der Waals surface area contributed by atoms with Crippen LogP contribution < -0.4 is 10.6 Å². The molecule has 0 bridgehead atoms. The zero-order chi connectivity index (χ0) is 19.3. The molecule has 28 heavy (non-hydrogen) atoms. The van der Waals surface area contributed by atoms with E-state index in [1.54, 1.807) is 6.20 Å². The molecule has 156 valence electrons. The van der Waals surface area contributed by atoms with Crippen molar-refractivity contribution in [1.82, 2.24) is 20.2 Å². The molecule has 0 saturated heterocycles. The Hall–Kier alpha value is -1.61. The number of nitrogens with one attached hydrogen (secondary N) is 2. The maximum Gasteiger partial charge on any atom is 0.191 e. The summed E-state index contributed by atoms with van der Waals surface area (Å²) >= 11 is 0. The van der Waals surface area contributed by atoms with Gasteiger partial charge in [0.05, 0.1) is 19.5 Å². The van der Waals surface area contributed by atoms with Gasteiger partial charge in [-0.05, 0) is 30.4 Å². The van der Waals surface area contributed by atoms with Crippen LogP contribution in [-0.2, 0) is 17.8 Å². The summed E-state index contributed by atoms with van der Waals surface area (Å²) in [5, 5.41) is 6.60. The van der Waals surface area contributed by atoms with Gasteiger partial charge in [0.15, 0.2) is 5.96 Å². The highest BCUT2D eigenvalue weighted by Gasteiger charge is 2.00. The molecule has 1 aromatic carbocycles. The third-order valence-electron chi connectivity index (χ3n) is 4.09. The zero-order valence-corrected chi connectivity index (χ0v) is 19.6. The van der Waals surface area contributed by atoms with Crippen LogP contribution >= 0.6 is 24.0 Å². The molecule has 0 aliphatic rings. The minimum Gasteiger partial charge on any atom is -0.380 e. The van der Waals surface area contributed by atoms with Crippen LogP contribution in [0.1, 0.15) is 38.3 Å². The molecular weight excluding hydrogens is 465 g/mol. The number of nitrogens with zero attached hydrogens (tertiary/aromatic N) is 3. The van der Waals surface area contributed by atoms with E-state index in [9.17, 15) is 0 Å². The summed E-state index contributed by atoms with van der Waals surface area (Å²) in [6.07, 6.45) is 6.71. The lowest BCUT2D eigenvalue weighted by Crippen LogP contribution is -2.39. The smallest absolute Gasteiger partial charge is 0.191 e. The van der Waals surface area contributed by atoms with Gasteiger partial charge in [0, 0.05) is 38.6 Å². The number of aliphatic imine (C=N–C) groups is 1. The van der Waals surface area contributed by atoms with E-state index in [4.69, 9.17) is 4.74 Å². The number of rotatable bonds is 11. The highest BCUT2D eigenvalue weighted by Crippen LogP contribution is 2.07. The first kappa shape index (κ1) is 24.4. The van der Waals surface area contributed by atoms with Gasteiger partial charge in [-0.2, -0.15) is 0 Å². The lowest BCUT2D eigenvalue weighted by molar-refractivity contribution is 0.128. The molecule has 0 aliphatic heterocycles. The van der Waals surface area contributed by atoms with Crippen LogP contribution in [0, 0.1) is 5.92 Å². The van der Waals surface area contributed by atoms with E-state index >= 15 is 0 Å². The fourth-order valence-corrected chi connectivity index (χ4v) is 2.52. The molecule has 0 unspecified atom stereocenters. The Morgan fingerprint density at radius 2 is 1.89 bits per heavy atom. The molecule has 6 nitrogen and oxygen atoms in total. The maximum absolute atomic E-state index is 5.64. The average Bonchev–Trinajstić information content (AvgIpc) is 3.16. The van der Waals surface area contributed by atoms with Gasteiger partial charge in [0.2, 0.25) is 0 Å². The van der Waals surface area contributed by atoms with Crippen molar-refractivity contribution >= 4 is 29.9 Å². The number of benzene rings is 1. The summed E-state index contributed by atoms with van der Waals surface area (Å²) < 4.78 is 7.70. The molecule has 0 amide bonds. The SMILES string of the molecule is CCNC(=NCc1ccc(Cn2ccnc2)cc1)NCCOCCC(C)C.I. The van der Waals surface area contributed by atoms with Gasteiger partial charge in [-0.15, -0.1) is 24.0 Å². The first-order valence-electron chi connectivity index (χ1n) is 9.81. The summed E-state index contributed by atoms with van der Waals surface area (Å²) in [5.74, 6) is 1.51. The molecule has 0 radical (unpaired) electrons. The van der Waals surface area contributed by atoms with E-state index < -0.39 is 0 Å². The Balaban J connectivity index is 0.00000392. The molecule has 0 atom stereocenters. The fourth-order valence-electron chi connectivity index (χ4n) is 2.52. The molecule has 7 heteroatoms. The minimum absolute atomic E-state index is 0. The molecule has 2 rings (SSSR count). The van der Waals surface area contributed by atoms with E-state index in [1.807, 2.05) is 12.5 Å². The highest BCUT2D eigenvalue weighted by molar-refractivity contribution is 14.0. The largest absolute Gasteiger partial charge is 0.380 e. The Morgan fingerprint density at radius 3 is 2.54 bits per heavy atom. The second-order valence-electron chi connectivity index (χ2n) is 6.97. The monoisotopic (exact) mass is 499 g/mol. The fraction of sp³-hybridized carbons (Fsp3) is 0.524. The predicted molar refractivity (Wildman–Crippen MR) is 126 cm³/mol. The number of imidazole rings is 1. The molecular formula is C21H34IN5O. The Kier molecular flexibility index (Phi) is 12.6. The van der Waals surface area contributed by atoms with Gasteiger partial charge < -0.3 is 19.9 Å². The van der Waals surface area contributed by atoms with Crippen molar-refractivity contribution in [2.75, 3.05) is 26.3 Å². The zero-order valence-electron chi connectivity index (χ0n) is 17.2. The third kappa shape index (κ3) is 10.1. The van der Waals surface area contributed by atoms with Crippen LogP contribution in [0.2, 0.25) is 0 Å². The van der Waals surface area contributed by atoms with Crippen molar-refractivity contribution in [1.29, 1.82) is 0 Å². The number of aromatic nitrogens is 2. The lowest BCUT2D eigenvalue weighted by atomic mass is 10.1. The van der Waals surface area contributed by atoms with Gasteiger partial charge in [0.25, 0.3) is 0 Å². The van der Waals surface area contributed by atoms with E-state index in [0.717, 1.165) is 38.6 Å². The number of halogens is 1. The van der Waals surface area contributed by atoms with Crippen LogP contribution in [0.4, 0.5) is 0 Å². The summed E-state index contributed by atoms with van der Waals surface area (Å²) in [7, 11) is 0.